The molecule has 0 bridgehead atoms. The molecule has 4 rings (SSSR count). The highest BCUT2D eigenvalue weighted by Gasteiger charge is 2.11. The SMILES string of the molecule is Cc1cnc(Cn2ncc3c(COc4ccc(C(C)CC(=O)O)cc4)cccc32)cn1. The van der Waals surface area contributed by atoms with Crippen molar-refractivity contribution in [2.75, 3.05) is 0 Å². The highest BCUT2D eigenvalue weighted by atomic mass is 16.5. The van der Waals surface area contributed by atoms with Crippen LogP contribution in [0.15, 0.2) is 61.1 Å². The average Bonchev–Trinajstić information content (AvgIpc) is 3.17. The highest BCUT2D eigenvalue weighted by Crippen LogP contribution is 2.24. The molecule has 0 aliphatic heterocycles. The fraction of sp³-hybridized carbons (Fsp3) is 0.250. The maximum Gasteiger partial charge on any atom is 0.303 e. The van der Waals surface area contributed by atoms with Gasteiger partial charge < -0.3 is 9.84 Å². The van der Waals surface area contributed by atoms with E-state index in [4.69, 9.17) is 9.84 Å². The number of hydrogen-bond acceptors (Lipinski definition) is 5. The third kappa shape index (κ3) is 4.88. The van der Waals surface area contributed by atoms with Crippen LogP contribution >= 0.6 is 0 Å². The first-order valence-electron chi connectivity index (χ1n) is 10.1. The molecule has 0 radical (unpaired) electrons. The Morgan fingerprint density at radius 2 is 1.90 bits per heavy atom. The third-order valence-corrected chi connectivity index (χ3v) is 5.25. The summed E-state index contributed by atoms with van der Waals surface area (Å²) in [6.45, 7) is 4.79. The maximum atomic E-state index is 10.9. The topological polar surface area (TPSA) is 90.1 Å². The molecule has 0 saturated carbocycles. The predicted molar refractivity (Wildman–Crippen MR) is 117 cm³/mol. The van der Waals surface area contributed by atoms with Crippen LogP contribution in [-0.2, 0) is 17.9 Å². The zero-order chi connectivity index (χ0) is 21.8. The van der Waals surface area contributed by atoms with Crippen LogP contribution in [0.2, 0.25) is 0 Å². The second-order valence-corrected chi connectivity index (χ2v) is 7.66. The van der Waals surface area contributed by atoms with Gasteiger partial charge in [-0.1, -0.05) is 31.2 Å². The van der Waals surface area contributed by atoms with E-state index in [2.05, 4.69) is 15.1 Å². The Balaban J connectivity index is 1.46. The summed E-state index contributed by atoms with van der Waals surface area (Å²) in [5.74, 6) is -0.0918. The average molecular weight is 416 g/mol. The fourth-order valence-corrected chi connectivity index (χ4v) is 3.50. The van der Waals surface area contributed by atoms with Crippen LogP contribution in [0, 0.1) is 6.92 Å². The van der Waals surface area contributed by atoms with Crippen molar-refractivity contribution in [3.05, 3.63) is 83.6 Å². The van der Waals surface area contributed by atoms with Crippen LogP contribution in [0.4, 0.5) is 0 Å². The van der Waals surface area contributed by atoms with Crippen molar-refractivity contribution in [1.82, 2.24) is 19.7 Å². The summed E-state index contributed by atoms with van der Waals surface area (Å²) < 4.78 is 7.89. The van der Waals surface area contributed by atoms with E-state index < -0.39 is 5.97 Å². The second kappa shape index (κ2) is 8.95. The zero-order valence-electron chi connectivity index (χ0n) is 17.5. The number of carboxylic acids is 1. The van der Waals surface area contributed by atoms with Gasteiger partial charge in [0.25, 0.3) is 0 Å². The summed E-state index contributed by atoms with van der Waals surface area (Å²) >= 11 is 0. The van der Waals surface area contributed by atoms with E-state index in [-0.39, 0.29) is 12.3 Å². The molecule has 31 heavy (non-hydrogen) atoms. The summed E-state index contributed by atoms with van der Waals surface area (Å²) in [5.41, 5.74) is 4.79. The van der Waals surface area contributed by atoms with Crippen molar-refractivity contribution in [2.45, 2.75) is 39.3 Å². The van der Waals surface area contributed by atoms with Crippen LogP contribution in [0.25, 0.3) is 10.9 Å². The minimum Gasteiger partial charge on any atom is -0.489 e. The lowest BCUT2D eigenvalue weighted by Gasteiger charge is -2.11. The van der Waals surface area contributed by atoms with Crippen LogP contribution < -0.4 is 4.74 Å². The number of aromatic nitrogens is 4. The number of carbonyl (C=O) groups is 1. The normalized spacial score (nSPS) is 12.1. The Labute approximate surface area is 180 Å². The van der Waals surface area contributed by atoms with Crippen molar-refractivity contribution in [1.29, 1.82) is 0 Å². The van der Waals surface area contributed by atoms with Crippen LogP contribution in [0.5, 0.6) is 5.75 Å². The van der Waals surface area contributed by atoms with E-state index in [1.165, 1.54) is 0 Å². The lowest BCUT2D eigenvalue weighted by atomic mass is 9.98. The molecule has 1 atom stereocenters. The number of hydrogen-bond donors (Lipinski definition) is 1. The van der Waals surface area contributed by atoms with Gasteiger partial charge in [0.05, 0.1) is 42.3 Å². The Bertz CT molecular complexity index is 1180. The summed E-state index contributed by atoms with van der Waals surface area (Å²) in [6, 6.07) is 13.7. The summed E-state index contributed by atoms with van der Waals surface area (Å²) in [6.07, 6.45) is 5.50. The minimum atomic E-state index is -0.795. The van der Waals surface area contributed by atoms with E-state index in [0.717, 1.165) is 39.2 Å². The van der Waals surface area contributed by atoms with Crippen molar-refractivity contribution in [3.63, 3.8) is 0 Å². The molecule has 1 unspecified atom stereocenters. The van der Waals surface area contributed by atoms with Crippen LogP contribution in [0.1, 0.15) is 41.8 Å². The van der Waals surface area contributed by atoms with Crippen LogP contribution in [-0.4, -0.2) is 30.8 Å². The predicted octanol–water partition coefficient (Wildman–Crippen LogP) is 4.34. The molecule has 0 aliphatic rings. The lowest BCUT2D eigenvalue weighted by Crippen LogP contribution is -2.04. The number of nitrogens with zero attached hydrogens (tertiary/aromatic N) is 4. The number of aryl methyl sites for hydroxylation is 1. The van der Waals surface area contributed by atoms with Gasteiger partial charge in [-0.25, -0.2) is 0 Å². The van der Waals surface area contributed by atoms with Gasteiger partial charge in [0.1, 0.15) is 12.4 Å². The van der Waals surface area contributed by atoms with Crippen LogP contribution in [0.3, 0.4) is 0 Å². The fourth-order valence-electron chi connectivity index (χ4n) is 3.50. The van der Waals surface area contributed by atoms with E-state index >= 15 is 0 Å². The Morgan fingerprint density at radius 1 is 1.10 bits per heavy atom. The molecule has 2 aromatic carbocycles. The molecule has 0 saturated heterocycles. The highest BCUT2D eigenvalue weighted by molar-refractivity contribution is 5.82. The summed E-state index contributed by atoms with van der Waals surface area (Å²) in [7, 11) is 0. The Morgan fingerprint density at radius 3 is 2.61 bits per heavy atom. The van der Waals surface area contributed by atoms with Gasteiger partial charge in [0.2, 0.25) is 0 Å². The molecule has 1 N–H and O–H groups in total. The van der Waals surface area contributed by atoms with Gasteiger partial charge in [-0.15, -0.1) is 0 Å². The molecule has 4 aromatic rings. The maximum absolute atomic E-state index is 10.9. The van der Waals surface area contributed by atoms with E-state index in [0.29, 0.717) is 13.2 Å². The molecular formula is C24H24N4O3. The van der Waals surface area contributed by atoms with Gasteiger partial charge in [0, 0.05) is 17.1 Å². The zero-order valence-corrected chi connectivity index (χ0v) is 17.5. The van der Waals surface area contributed by atoms with Gasteiger partial charge in [-0.2, -0.15) is 5.10 Å². The van der Waals surface area contributed by atoms with Gasteiger partial charge >= 0.3 is 5.97 Å². The Kier molecular flexibility index (Phi) is 5.93. The van der Waals surface area contributed by atoms with Crippen molar-refractivity contribution in [2.24, 2.45) is 0 Å². The summed E-state index contributed by atoms with van der Waals surface area (Å²) in [5, 5.41) is 14.5. The number of fused-ring (bicyclic) bond motifs is 1. The Hall–Kier alpha value is -3.74. The molecule has 0 spiro atoms. The third-order valence-electron chi connectivity index (χ3n) is 5.25. The number of ether oxygens (including phenoxy) is 1. The largest absolute Gasteiger partial charge is 0.489 e. The monoisotopic (exact) mass is 416 g/mol. The minimum absolute atomic E-state index is 0.0376. The van der Waals surface area contributed by atoms with Gasteiger partial charge in [-0.3, -0.25) is 19.4 Å². The number of carboxylic acid groups (broad SMARTS) is 1. The van der Waals surface area contributed by atoms with E-state index in [1.54, 1.807) is 12.4 Å². The molecule has 0 aliphatic carbocycles. The molecule has 7 heteroatoms. The van der Waals surface area contributed by atoms with Crippen molar-refractivity contribution in [3.8, 4) is 5.75 Å². The number of aliphatic carboxylic acids is 1. The molecule has 7 nitrogen and oxygen atoms in total. The smallest absolute Gasteiger partial charge is 0.303 e. The van der Waals surface area contributed by atoms with E-state index in [9.17, 15) is 4.79 Å². The molecule has 158 valence electrons. The molecule has 2 aromatic heterocycles. The molecular weight excluding hydrogens is 392 g/mol. The van der Waals surface area contributed by atoms with Crippen molar-refractivity contribution >= 4 is 16.9 Å². The molecule has 0 amide bonds. The molecule has 0 fully saturated rings. The second-order valence-electron chi connectivity index (χ2n) is 7.66. The number of benzene rings is 2. The first kappa shape index (κ1) is 20.5. The number of rotatable bonds is 8. The summed E-state index contributed by atoms with van der Waals surface area (Å²) in [4.78, 5) is 19.6. The standard InChI is InChI=1S/C24H24N4O3/c1-16(10-24(29)30)18-6-8-21(9-7-18)31-15-19-4-3-5-23-22(19)13-27-28(23)14-20-12-25-17(2)11-26-20/h3-9,11-13,16H,10,14-15H2,1-2H3,(H,29,30). The lowest BCUT2D eigenvalue weighted by molar-refractivity contribution is -0.137. The first-order valence-corrected chi connectivity index (χ1v) is 10.1. The van der Waals surface area contributed by atoms with Gasteiger partial charge in [0.15, 0.2) is 0 Å². The van der Waals surface area contributed by atoms with Crippen molar-refractivity contribution < 1.29 is 14.6 Å². The van der Waals surface area contributed by atoms with Gasteiger partial charge in [-0.05, 0) is 36.6 Å². The van der Waals surface area contributed by atoms with E-state index in [1.807, 2.05) is 67.2 Å². The molecule has 2 heterocycles. The first-order chi connectivity index (χ1) is 15.0. The quantitative estimate of drug-likeness (QED) is 0.460.